The van der Waals surface area contributed by atoms with Crippen molar-refractivity contribution in [2.75, 3.05) is 30.4 Å². The van der Waals surface area contributed by atoms with Crippen molar-refractivity contribution in [1.82, 2.24) is 9.71 Å². The van der Waals surface area contributed by atoms with Gasteiger partial charge in [-0.1, -0.05) is 12.2 Å². The summed E-state index contributed by atoms with van der Waals surface area (Å²) in [6, 6.07) is 1.49. The summed E-state index contributed by atoms with van der Waals surface area (Å²) >= 11 is 0. The van der Waals surface area contributed by atoms with Gasteiger partial charge >= 0.3 is 6.09 Å². The van der Waals surface area contributed by atoms with Crippen molar-refractivity contribution in [3.8, 4) is 0 Å². The lowest BCUT2D eigenvalue weighted by Gasteiger charge is -2.24. The number of nitrogens with zero attached hydrogens (tertiary/aromatic N) is 3. The lowest BCUT2D eigenvalue weighted by atomic mass is 10.2. The molecule has 2 rings (SSSR count). The van der Waals surface area contributed by atoms with Gasteiger partial charge in [0.1, 0.15) is 5.82 Å². The molecule has 19 heavy (non-hydrogen) atoms. The Morgan fingerprint density at radius 3 is 3.00 bits per heavy atom. The van der Waals surface area contributed by atoms with Gasteiger partial charge in [-0.2, -0.15) is 4.98 Å². The monoisotopic (exact) mass is 265 g/mol. The summed E-state index contributed by atoms with van der Waals surface area (Å²) in [5, 5.41) is 19.5. The van der Waals surface area contributed by atoms with Gasteiger partial charge in [0.15, 0.2) is 5.82 Å². The molecule has 0 aliphatic carbocycles. The number of hydrogen-bond acceptors (Lipinski definition) is 6. The van der Waals surface area contributed by atoms with E-state index in [1.54, 1.807) is 0 Å². The maximum Gasteiger partial charge on any atom is 0.412 e. The van der Waals surface area contributed by atoms with Crippen LogP contribution in [0.4, 0.5) is 16.4 Å². The molecule has 0 atom stereocenters. The Bertz CT molecular complexity index is 566. The van der Waals surface area contributed by atoms with E-state index in [0.29, 0.717) is 17.1 Å². The molecular formula is C11H15N5O3. The van der Waals surface area contributed by atoms with E-state index < -0.39 is 6.09 Å². The van der Waals surface area contributed by atoms with Crippen LogP contribution in [-0.2, 0) is 4.74 Å². The summed E-state index contributed by atoms with van der Waals surface area (Å²) in [5.74, 6) is 0.558. The number of anilines is 2. The Labute approximate surface area is 109 Å². The fourth-order valence-corrected chi connectivity index (χ4v) is 1.74. The Balaban J connectivity index is 2.33. The third-order valence-electron chi connectivity index (χ3n) is 2.71. The maximum absolute atomic E-state index is 11.2. The number of hydrogen-bond donors (Lipinski definition) is 3. The minimum atomic E-state index is -0.724. The molecule has 1 aromatic heterocycles. The quantitative estimate of drug-likeness (QED) is 0.535. The van der Waals surface area contributed by atoms with Crippen LogP contribution in [-0.4, -0.2) is 41.2 Å². The molecule has 102 valence electrons. The molecule has 0 radical (unpaired) electrons. The minimum absolute atomic E-state index is 0.0383. The Morgan fingerprint density at radius 1 is 1.58 bits per heavy atom. The van der Waals surface area contributed by atoms with Crippen LogP contribution in [0, 0.1) is 5.41 Å². The number of nitrogens with one attached hydrogen (secondary N) is 2. The van der Waals surface area contributed by atoms with Gasteiger partial charge in [0.25, 0.3) is 5.62 Å². The summed E-state index contributed by atoms with van der Waals surface area (Å²) in [7, 11) is 1.22. The number of amides is 1. The third kappa shape index (κ3) is 2.84. The fourth-order valence-electron chi connectivity index (χ4n) is 1.74. The molecule has 0 unspecified atom stereocenters. The van der Waals surface area contributed by atoms with Gasteiger partial charge < -0.3 is 14.8 Å². The SMILES string of the molecule is COC(=O)Nc1cc(N2CC=CCC2)nc(=N)n1O. The molecule has 0 saturated heterocycles. The van der Waals surface area contributed by atoms with Gasteiger partial charge in [0.2, 0.25) is 0 Å². The van der Waals surface area contributed by atoms with Crippen LogP contribution >= 0.6 is 0 Å². The van der Waals surface area contributed by atoms with E-state index in [1.165, 1.54) is 13.2 Å². The lowest BCUT2D eigenvalue weighted by Crippen LogP contribution is -2.33. The number of rotatable bonds is 2. The predicted molar refractivity (Wildman–Crippen MR) is 67.3 cm³/mol. The van der Waals surface area contributed by atoms with Crippen LogP contribution in [0.25, 0.3) is 0 Å². The molecular weight excluding hydrogens is 250 g/mol. The summed E-state index contributed by atoms with van der Waals surface area (Å²) in [6.45, 7) is 1.45. The molecule has 1 amide bonds. The Hall–Kier alpha value is -2.51. The third-order valence-corrected chi connectivity index (χ3v) is 2.71. The van der Waals surface area contributed by atoms with Crippen LogP contribution in [0.15, 0.2) is 18.2 Å². The molecule has 0 bridgehead atoms. The van der Waals surface area contributed by atoms with Crippen LogP contribution in [0.1, 0.15) is 6.42 Å². The summed E-state index contributed by atoms with van der Waals surface area (Å²) in [4.78, 5) is 17.1. The van der Waals surface area contributed by atoms with Crippen molar-refractivity contribution in [2.24, 2.45) is 0 Å². The van der Waals surface area contributed by atoms with Gasteiger partial charge in [-0.3, -0.25) is 10.7 Å². The number of aromatic nitrogens is 2. The molecule has 0 saturated carbocycles. The van der Waals surface area contributed by atoms with E-state index in [1.807, 2.05) is 11.0 Å². The van der Waals surface area contributed by atoms with E-state index in [4.69, 9.17) is 5.41 Å². The summed E-state index contributed by atoms with van der Waals surface area (Å²) < 4.78 is 4.94. The van der Waals surface area contributed by atoms with E-state index in [2.05, 4.69) is 21.1 Å². The second-order valence-electron chi connectivity index (χ2n) is 3.96. The van der Waals surface area contributed by atoms with Gasteiger partial charge in [-0.25, -0.2) is 4.79 Å². The normalized spacial score (nSPS) is 14.3. The van der Waals surface area contributed by atoms with Crippen LogP contribution < -0.4 is 15.8 Å². The molecule has 2 heterocycles. The highest BCUT2D eigenvalue weighted by Gasteiger charge is 2.14. The predicted octanol–water partition coefficient (Wildman–Crippen LogP) is 0.544. The zero-order chi connectivity index (χ0) is 13.8. The Morgan fingerprint density at radius 2 is 2.37 bits per heavy atom. The highest BCUT2D eigenvalue weighted by molar-refractivity contribution is 5.83. The smallest absolute Gasteiger partial charge is 0.412 e. The molecule has 8 nitrogen and oxygen atoms in total. The first-order chi connectivity index (χ1) is 9.11. The summed E-state index contributed by atoms with van der Waals surface area (Å²) in [6.07, 6.45) is 4.24. The van der Waals surface area contributed by atoms with Gasteiger partial charge in [-0.15, -0.1) is 4.73 Å². The molecule has 0 aromatic carbocycles. The van der Waals surface area contributed by atoms with E-state index in [9.17, 15) is 10.0 Å². The van der Waals surface area contributed by atoms with Crippen molar-refractivity contribution in [3.63, 3.8) is 0 Å². The van der Waals surface area contributed by atoms with Gasteiger partial charge in [0, 0.05) is 19.2 Å². The van der Waals surface area contributed by atoms with E-state index >= 15 is 0 Å². The van der Waals surface area contributed by atoms with Crippen LogP contribution in [0.5, 0.6) is 0 Å². The number of carbonyl (C=O) groups excluding carboxylic acids is 1. The number of methoxy groups -OCH3 is 1. The van der Waals surface area contributed by atoms with E-state index in [-0.39, 0.29) is 11.4 Å². The molecule has 1 aliphatic rings. The largest absolute Gasteiger partial charge is 0.453 e. The summed E-state index contributed by atoms with van der Waals surface area (Å²) in [5.41, 5.74) is -0.363. The molecule has 3 N–H and O–H groups in total. The van der Waals surface area contributed by atoms with Crippen molar-refractivity contribution in [2.45, 2.75) is 6.42 Å². The zero-order valence-corrected chi connectivity index (χ0v) is 10.5. The highest BCUT2D eigenvalue weighted by atomic mass is 16.5. The second-order valence-corrected chi connectivity index (χ2v) is 3.96. The lowest BCUT2D eigenvalue weighted by molar-refractivity contribution is 0.165. The number of ether oxygens (including phenoxy) is 1. The van der Waals surface area contributed by atoms with Crippen LogP contribution in [0.3, 0.4) is 0 Å². The van der Waals surface area contributed by atoms with Crippen molar-refractivity contribution >= 4 is 17.7 Å². The van der Waals surface area contributed by atoms with Crippen molar-refractivity contribution in [1.29, 1.82) is 5.41 Å². The van der Waals surface area contributed by atoms with Crippen LogP contribution in [0.2, 0.25) is 0 Å². The van der Waals surface area contributed by atoms with E-state index in [0.717, 1.165) is 13.0 Å². The zero-order valence-electron chi connectivity index (χ0n) is 10.5. The second kappa shape index (κ2) is 5.42. The van der Waals surface area contributed by atoms with Crippen molar-refractivity contribution in [3.05, 3.63) is 23.8 Å². The topological polar surface area (TPSA) is 103 Å². The molecule has 1 aliphatic heterocycles. The highest BCUT2D eigenvalue weighted by Crippen LogP contribution is 2.16. The molecule has 0 spiro atoms. The molecule has 0 fully saturated rings. The first kappa shape index (κ1) is 12.9. The number of carbonyl (C=O) groups is 1. The molecule has 8 heteroatoms. The standard InChI is InChI=1S/C11H15N5O3/c1-19-11(17)14-9-7-8(13-10(12)16(9)18)15-5-3-2-4-6-15/h2-3,7,12,18H,4-6H2,1H3,(H,14,17). The average molecular weight is 265 g/mol. The van der Waals surface area contributed by atoms with Gasteiger partial charge in [0.05, 0.1) is 7.11 Å². The maximum atomic E-state index is 11.2. The Kier molecular flexibility index (Phi) is 3.69. The first-order valence-corrected chi connectivity index (χ1v) is 5.74. The fraction of sp³-hybridized carbons (Fsp3) is 0.364. The van der Waals surface area contributed by atoms with Gasteiger partial charge in [-0.05, 0) is 6.42 Å². The average Bonchev–Trinajstić information content (AvgIpc) is 2.44. The minimum Gasteiger partial charge on any atom is -0.453 e. The molecule has 1 aromatic rings. The van der Waals surface area contributed by atoms with Crippen molar-refractivity contribution < 1.29 is 14.7 Å². The first-order valence-electron chi connectivity index (χ1n) is 5.74.